The van der Waals surface area contributed by atoms with Gasteiger partial charge in [0.1, 0.15) is 5.75 Å². The van der Waals surface area contributed by atoms with Crippen molar-refractivity contribution in [1.82, 2.24) is 0 Å². The molecule has 0 aromatic heterocycles. The van der Waals surface area contributed by atoms with Gasteiger partial charge in [-0.15, -0.1) is 0 Å². The number of hydrogen-bond donors (Lipinski definition) is 0. The number of benzene rings is 3. The van der Waals surface area contributed by atoms with Crippen molar-refractivity contribution in [2.45, 2.75) is 46.2 Å². The molecule has 0 unspecified atom stereocenters. The summed E-state index contributed by atoms with van der Waals surface area (Å²) in [5.41, 5.74) is -1.89. The molecule has 0 N–H and O–H groups in total. The van der Waals surface area contributed by atoms with Crippen LogP contribution in [0.3, 0.4) is 0 Å². The van der Waals surface area contributed by atoms with E-state index in [2.05, 4.69) is 21.9 Å². The molecule has 2 nitrogen and oxygen atoms in total. The molecule has 0 aliphatic rings. The molecular weight excluding hydrogens is 526 g/mol. The first kappa shape index (κ1) is 28.3. The molecule has 0 saturated carbocycles. The molecule has 196 valence electrons. The summed E-state index contributed by atoms with van der Waals surface area (Å²) in [5.74, 6) is -1.35. The van der Waals surface area contributed by atoms with Crippen LogP contribution in [0.1, 0.15) is 38.9 Å². The van der Waals surface area contributed by atoms with Crippen molar-refractivity contribution in [2.75, 3.05) is 0 Å². The summed E-state index contributed by atoms with van der Waals surface area (Å²) in [4.78, 5) is 2.89. The third kappa shape index (κ3) is 5.99. The van der Waals surface area contributed by atoms with Crippen molar-refractivity contribution in [3.8, 4) is 16.9 Å². The number of thiocarbonyl (C=S) groups is 1. The van der Waals surface area contributed by atoms with E-state index in [0.717, 1.165) is 28.3 Å². The quantitative estimate of drug-likeness (QED) is 0.181. The van der Waals surface area contributed by atoms with Crippen molar-refractivity contribution in [2.24, 2.45) is 4.99 Å². The van der Waals surface area contributed by atoms with Gasteiger partial charge in [-0.1, -0.05) is 29.8 Å². The average Bonchev–Trinajstić information content (AvgIpc) is 2.72. The predicted molar refractivity (Wildman–Crippen MR) is 126 cm³/mol. The lowest BCUT2D eigenvalue weighted by Crippen LogP contribution is -2.24. The number of aliphatic imine (C=N–C) groups is 1. The van der Waals surface area contributed by atoms with Crippen LogP contribution in [0.15, 0.2) is 47.5 Å². The Kier molecular flexibility index (Phi) is 7.54. The van der Waals surface area contributed by atoms with Crippen LogP contribution < -0.4 is 4.74 Å². The average molecular weight is 545 g/mol. The fourth-order valence-electron chi connectivity index (χ4n) is 4.25. The zero-order valence-electron chi connectivity index (χ0n) is 19.8. The monoisotopic (exact) mass is 545 g/mol. The topological polar surface area (TPSA) is 21.6 Å². The van der Waals surface area contributed by atoms with Crippen molar-refractivity contribution in [3.05, 3.63) is 81.4 Å². The fourth-order valence-corrected chi connectivity index (χ4v) is 4.34. The van der Waals surface area contributed by atoms with Gasteiger partial charge in [0, 0.05) is 0 Å². The van der Waals surface area contributed by atoms with Crippen LogP contribution in [0.25, 0.3) is 11.1 Å². The van der Waals surface area contributed by atoms with E-state index in [1.54, 1.807) is 0 Å². The van der Waals surface area contributed by atoms with Crippen molar-refractivity contribution in [1.29, 1.82) is 0 Å². The lowest BCUT2D eigenvalue weighted by atomic mass is 9.92. The van der Waals surface area contributed by atoms with Gasteiger partial charge in [0.05, 0.1) is 27.5 Å². The van der Waals surface area contributed by atoms with E-state index in [-0.39, 0.29) is 17.7 Å². The number of nitrogens with zero attached hydrogens (tertiary/aromatic N) is 1. The molecule has 11 heteroatoms. The Morgan fingerprint density at radius 2 is 1.22 bits per heavy atom. The molecule has 0 radical (unpaired) electrons. The van der Waals surface area contributed by atoms with Crippen LogP contribution in [-0.4, -0.2) is 5.16 Å². The van der Waals surface area contributed by atoms with Crippen LogP contribution in [-0.2, 0) is 18.5 Å². The maximum absolute atomic E-state index is 15.1. The molecule has 0 heterocycles. The molecule has 37 heavy (non-hydrogen) atoms. The van der Waals surface area contributed by atoms with E-state index in [0.29, 0.717) is 5.56 Å². The summed E-state index contributed by atoms with van der Waals surface area (Å²) in [6, 6.07) is 7.79. The first-order valence-corrected chi connectivity index (χ1v) is 11.0. The van der Waals surface area contributed by atoms with Gasteiger partial charge < -0.3 is 4.74 Å². The Bertz CT molecular complexity index is 1340. The SMILES string of the molecule is Cc1cc(C)c(-c2ccc(C(F)(F)Oc3cc(C(F)(F)F)c(N=C=S)c(C(F)(F)F)c3)c(C)c2)c(C)c1. The molecular formula is C26H19F8NOS. The van der Waals surface area contributed by atoms with E-state index in [1.807, 2.05) is 32.9 Å². The second kappa shape index (κ2) is 9.87. The van der Waals surface area contributed by atoms with Gasteiger partial charge in [0.2, 0.25) is 0 Å². The lowest BCUT2D eigenvalue weighted by Gasteiger charge is -2.23. The second-order valence-corrected chi connectivity index (χ2v) is 8.67. The predicted octanol–water partition coefficient (Wildman–Crippen LogP) is 9.49. The standard InChI is InChI=1S/C26H19F8NOS/c1-13-7-15(3)22(16(4)8-13)17-5-6-19(14(2)9-17)26(33,34)36-18-10-20(24(27,28)29)23(35-12-37)21(11-18)25(30,31)32/h5-11H,1-4H3. The minimum atomic E-state index is -5.37. The van der Waals surface area contributed by atoms with E-state index in [1.165, 1.54) is 24.2 Å². The van der Waals surface area contributed by atoms with Crippen molar-refractivity contribution >= 4 is 23.1 Å². The number of hydrogen-bond acceptors (Lipinski definition) is 3. The Hall–Kier alpha value is -3.30. The maximum atomic E-state index is 15.1. The maximum Gasteiger partial charge on any atom is 0.426 e. The number of ether oxygens (including phenoxy) is 1. The molecule has 0 aliphatic carbocycles. The molecule has 3 aromatic carbocycles. The summed E-state index contributed by atoms with van der Waals surface area (Å²) in [5, 5.41) is 1.46. The van der Waals surface area contributed by atoms with Gasteiger partial charge in [-0.25, -0.2) is 0 Å². The highest BCUT2D eigenvalue weighted by atomic mass is 32.1. The zero-order chi connectivity index (χ0) is 27.9. The normalized spacial score (nSPS) is 12.3. The lowest BCUT2D eigenvalue weighted by molar-refractivity contribution is -0.187. The largest absolute Gasteiger partial charge is 0.429 e. The van der Waals surface area contributed by atoms with Gasteiger partial charge in [-0.2, -0.15) is 40.1 Å². The van der Waals surface area contributed by atoms with E-state index >= 15 is 8.78 Å². The number of isothiocyanates is 1. The third-order valence-corrected chi connectivity index (χ3v) is 5.69. The Labute approximate surface area is 212 Å². The summed E-state index contributed by atoms with van der Waals surface area (Å²) < 4.78 is 116. The number of rotatable bonds is 5. The highest BCUT2D eigenvalue weighted by Crippen LogP contribution is 2.47. The first-order valence-electron chi connectivity index (χ1n) is 10.6. The Morgan fingerprint density at radius 1 is 0.703 bits per heavy atom. The van der Waals surface area contributed by atoms with Gasteiger partial charge in [-0.3, -0.25) is 0 Å². The van der Waals surface area contributed by atoms with E-state index in [9.17, 15) is 26.3 Å². The van der Waals surface area contributed by atoms with Crippen LogP contribution in [0.2, 0.25) is 0 Å². The fraction of sp³-hybridized carbons (Fsp3) is 0.269. The molecule has 0 bridgehead atoms. The number of halogens is 8. The molecule has 0 spiro atoms. The molecule has 0 fully saturated rings. The third-order valence-electron chi connectivity index (χ3n) is 5.60. The summed E-state index contributed by atoms with van der Waals surface area (Å²) in [6.45, 7) is 6.99. The van der Waals surface area contributed by atoms with Crippen LogP contribution in [0.5, 0.6) is 5.75 Å². The molecule has 0 saturated heterocycles. The number of alkyl halides is 8. The second-order valence-electron chi connectivity index (χ2n) is 8.49. The highest BCUT2D eigenvalue weighted by molar-refractivity contribution is 7.78. The first-order chi connectivity index (χ1) is 17.0. The van der Waals surface area contributed by atoms with Crippen LogP contribution in [0, 0.1) is 27.7 Å². The molecule has 3 aromatic rings. The van der Waals surface area contributed by atoms with Crippen LogP contribution >= 0.6 is 12.2 Å². The summed E-state index contributed by atoms with van der Waals surface area (Å²) in [6.07, 6.45) is -15.0. The Morgan fingerprint density at radius 3 is 1.65 bits per heavy atom. The Balaban J connectivity index is 2.10. The van der Waals surface area contributed by atoms with Gasteiger partial charge in [-0.05, 0) is 85.9 Å². The molecule has 0 atom stereocenters. The zero-order valence-corrected chi connectivity index (χ0v) is 20.6. The van der Waals surface area contributed by atoms with Crippen LogP contribution in [0.4, 0.5) is 40.8 Å². The van der Waals surface area contributed by atoms with E-state index < -0.39 is 46.6 Å². The summed E-state index contributed by atoms with van der Waals surface area (Å²) >= 11 is 4.16. The van der Waals surface area contributed by atoms with Crippen molar-refractivity contribution < 1.29 is 39.9 Å². The molecule has 0 aliphatic heterocycles. The van der Waals surface area contributed by atoms with Gasteiger partial charge >= 0.3 is 18.5 Å². The minimum absolute atomic E-state index is 0.0240. The van der Waals surface area contributed by atoms with E-state index in [4.69, 9.17) is 0 Å². The molecule has 3 rings (SSSR count). The molecule has 0 amide bonds. The summed E-state index contributed by atoms with van der Waals surface area (Å²) in [7, 11) is 0. The highest BCUT2D eigenvalue weighted by Gasteiger charge is 2.44. The smallest absolute Gasteiger partial charge is 0.426 e. The number of aryl methyl sites for hydroxylation is 4. The van der Waals surface area contributed by atoms with Crippen molar-refractivity contribution in [3.63, 3.8) is 0 Å². The minimum Gasteiger partial charge on any atom is -0.429 e. The van der Waals surface area contributed by atoms with Gasteiger partial charge in [0.15, 0.2) is 0 Å². The van der Waals surface area contributed by atoms with Gasteiger partial charge in [0.25, 0.3) is 0 Å².